The van der Waals surface area contributed by atoms with Gasteiger partial charge >= 0.3 is 0 Å². The van der Waals surface area contributed by atoms with Crippen LogP contribution < -0.4 is 20.2 Å². The number of rotatable bonds is 12. The first-order valence-corrected chi connectivity index (χ1v) is 20.8. The van der Waals surface area contributed by atoms with Crippen molar-refractivity contribution in [1.29, 1.82) is 0 Å². The fourth-order valence-electron chi connectivity index (χ4n) is 6.06. The largest absolute Gasteiger partial charge is 0.543 e. The molecule has 1 aliphatic rings. The van der Waals surface area contributed by atoms with Gasteiger partial charge in [0.05, 0.1) is 41.3 Å². The molecular formula is C41H50FN5O3Si. The summed E-state index contributed by atoms with van der Waals surface area (Å²) in [6.07, 6.45) is 6.01. The number of hydrogen-bond acceptors (Lipinski definition) is 6. The van der Waals surface area contributed by atoms with Crippen molar-refractivity contribution in [2.24, 2.45) is 10.7 Å². The Balaban J connectivity index is 1.36. The first-order chi connectivity index (χ1) is 24.4. The Hall–Kier alpha value is -4.67. The molecule has 5 aromatic rings. The average Bonchev–Trinajstić information content (AvgIpc) is 3.78. The molecule has 0 unspecified atom stereocenters. The number of nitrogens with zero attached hydrogens (tertiary/aromatic N) is 3. The Morgan fingerprint density at radius 1 is 1.06 bits per heavy atom. The van der Waals surface area contributed by atoms with E-state index in [-0.39, 0.29) is 16.8 Å². The van der Waals surface area contributed by atoms with Gasteiger partial charge < -0.3 is 25.0 Å². The van der Waals surface area contributed by atoms with E-state index in [0.29, 0.717) is 37.6 Å². The molecule has 1 fully saturated rings. The Morgan fingerprint density at radius 3 is 2.51 bits per heavy atom. The summed E-state index contributed by atoms with van der Waals surface area (Å²) in [6, 6.07) is 21.3. The van der Waals surface area contributed by atoms with Gasteiger partial charge in [-0.15, -0.1) is 0 Å². The highest BCUT2D eigenvalue weighted by Gasteiger charge is 2.39. The van der Waals surface area contributed by atoms with Crippen molar-refractivity contribution in [1.82, 2.24) is 9.61 Å². The number of anilines is 1. The molecule has 2 aromatic heterocycles. The second-order valence-corrected chi connectivity index (χ2v) is 19.5. The molecule has 268 valence electrons. The summed E-state index contributed by atoms with van der Waals surface area (Å²) in [7, 11) is -2.00. The van der Waals surface area contributed by atoms with Gasteiger partial charge in [-0.05, 0) is 96.0 Å². The van der Waals surface area contributed by atoms with E-state index in [1.165, 1.54) is 0 Å². The predicted octanol–water partition coefficient (Wildman–Crippen LogP) is 9.47. The van der Waals surface area contributed by atoms with Crippen LogP contribution in [0.15, 0.2) is 84.1 Å². The molecule has 51 heavy (non-hydrogen) atoms. The predicted molar refractivity (Wildman–Crippen MR) is 208 cm³/mol. The van der Waals surface area contributed by atoms with Crippen LogP contribution in [-0.2, 0) is 24.2 Å². The Kier molecular flexibility index (Phi) is 10.6. The summed E-state index contributed by atoms with van der Waals surface area (Å²) < 4.78 is 35.6. The molecule has 0 radical (unpaired) electrons. The third kappa shape index (κ3) is 7.97. The van der Waals surface area contributed by atoms with Crippen LogP contribution in [0.4, 0.5) is 15.8 Å². The Labute approximate surface area is 302 Å². The maximum Gasteiger partial charge on any atom is 0.250 e. The number of halogens is 1. The van der Waals surface area contributed by atoms with Crippen molar-refractivity contribution in [2.75, 3.05) is 18.5 Å². The van der Waals surface area contributed by atoms with Gasteiger partial charge in [0.25, 0.3) is 0 Å². The standard InChI is InChI=1S/C41H50FN5O3Si/c1-8-28-21-38(49-25-27-13-11-10-12-14-27)35(42)22-33(28)30-20-37-39(45-31-17-18-48-26-31)34(23-44-47(37)24-30)40(43)46-36-16-15-32(19-29(36)9-2)50-51(6,7)41(3,4)5/h10-16,19-24,31,45H,8-9,17-18,25-26H2,1-7H3,(H2,43,46)/t31-/m0/s1. The molecule has 3 heterocycles. The topological polar surface area (TPSA) is 95.4 Å². The van der Waals surface area contributed by atoms with E-state index >= 15 is 4.39 Å². The molecule has 10 heteroatoms. The summed E-state index contributed by atoms with van der Waals surface area (Å²) in [4.78, 5) is 4.95. The molecule has 0 spiro atoms. The zero-order chi connectivity index (χ0) is 36.3. The molecule has 3 N–H and O–H groups in total. The highest BCUT2D eigenvalue weighted by molar-refractivity contribution is 6.74. The quantitative estimate of drug-likeness (QED) is 0.0762. The Bertz CT molecular complexity index is 2030. The lowest BCUT2D eigenvalue weighted by molar-refractivity contribution is 0.195. The van der Waals surface area contributed by atoms with E-state index in [1.807, 2.05) is 65.3 Å². The zero-order valence-corrected chi connectivity index (χ0v) is 31.8. The van der Waals surface area contributed by atoms with E-state index in [1.54, 1.807) is 12.3 Å². The molecule has 8 nitrogen and oxygen atoms in total. The fourth-order valence-corrected chi connectivity index (χ4v) is 7.08. The zero-order valence-electron chi connectivity index (χ0n) is 30.8. The van der Waals surface area contributed by atoms with Gasteiger partial charge in [-0.1, -0.05) is 65.0 Å². The Morgan fingerprint density at radius 2 is 1.82 bits per heavy atom. The van der Waals surface area contributed by atoms with Crippen LogP contribution in [0.5, 0.6) is 11.5 Å². The van der Waals surface area contributed by atoms with Crippen LogP contribution in [0, 0.1) is 5.82 Å². The van der Waals surface area contributed by atoms with Crippen LogP contribution in [0.2, 0.25) is 18.1 Å². The number of nitrogens with two attached hydrogens (primary N) is 1. The number of nitrogens with one attached hydrogen (secondary N) is 1. The SMILES string of the molecule is CCc1cc(O[Si](C)(C)C(C)(C)C)ccc1N=C(N)c1cnn2cc(-c3cc(F)c(OCc4ccccc4)cc3CC)cc2c1N[C@H]1CCOC1. The third-order valence-corrected chi connectivity index (χ3v) is 14.5. The molecule has 3 aromatic carbocycles. The molecule has 6 rings (SSSR count). The number of fused-ring (bicyclic) bond motifs is 1. The fraction of sp³-hybridized carbons (Fsp3) is 0.366. The monoisotopic (exact) mass is 707 g/mol. The molecule has 0 aliphatic carbocycles. The van der Waals surface area contributed by atoms with Crippen molar-refractivity contribution < 1.29 is 18.3 Å². The lowest BCUT2D eigenvalue weighted by atomic mass is 9.99. The number of aryl methyl sites for hydroxylation is 2. The van der Waals surface area contributed by atoms with E-state index < -0.39 is 14.1 Å². The van der Waals surface area contributed by atoms with Crippen LogP contribution in [0.3, 0.4) is 0 Å². The van der Waals surface area contributed by atoms with Crippen LogP contribution in [0.25, 0.3) is 16.6 Å². The van der Waals surface area contributed by atoms with E-state index in [9.17, 15) is 0 Å². The number of hydrogen-bond donors (Lipinski definition) is 2. The molecule has 0 saturated carbocycles. The van der Waals surface area contributed by atoms with Gasteiger partial charge in [0.15, 0.2) is 11.6 Å². The molecule has 1 aliphatic heterocycles. The van der Waals surface area contributed by atoms with Crippen LogP contribution in [-0.4, -0.2) is 43.0 Å². The number of amidine groups is 1. The van der Waals surface area contributed by atoms with Gasteiger partial charge in [-0.2, -0.15) is 5.10 Å². The second-order valence-electron chi connectivity index (χ2n) is 14.8. The first kappa shape index (κ1) is 36.1. The molecule has 1 atom stereocenters. The third-order valence-electron chi connectivity index (χ3n) is 10.1. The summed E-state index contributed by atoms with van der Waals surface area (Å²) in [6.45, 7) is 16.9. The van der Waals surface area contributed by atoms with Gasteiger partial charge in [0.2, 0.25) is 8.32 Å². The van der Waals surface area contributed by atoms with Crippen molar-refractivity contribution in [2.45, 2.75) is 84.7 Å². The van der Waals surface area contributed by atoms with Gasteiger partial charge in [-0.25, -0.2) is 13.9 Å². The normalized spacial score (nSPS) is 15.4. The summed E-state index contributed by atoms with van der Waals surface area (Å²) in [5.41, 5.74) is 14.6. The average molecular weight is 708 g/mol. The molecular weight excluding hydrogens is 658 g/mol. The van der Waals surface area contributed by atoms with E-state index in [4.69, 9.17) is 29.7 Å². The minimum atomic E-state index is -2.00. The second kappa shape index (κ2) is 14.9. The highest BCUT2D eigenvalue weighted by Crippen LogP contribution is 2.39. The van der Waals surface area contributed by atoms with Gasteiger partial charge in [0.1, 0.15) is 18.2 Å². The van der Waals surface area contributed by atoms with Crippen molar-refractivity contribution in [3.8, 4) is 22.6 Å². The van der Waals surface area contributed by atoms with Crippen LogP contribution in [0.1, 0.15) is 63.3 Å². The summed E-state index contributed by atoms with van der Waals surface area (Å²) in [5, 5.41) is 8.53. The molecule has 0 bridgehead atoms. The lowest BCUT2D eigenvalue weighted by Gasteiger charge is -2.36. The lowest BCUT2D eigenvalue weighted by Crippen LogP contribution is -2.43. The number of benzene rings is 3. The van der Waals surface area contributed by atoms with Crippen molar-refractivity contribution in [3.05, 3.63) is 107 Å². The smallest absolute Gasteiger partial charge is 0.250 e. The van der Waals surface area contributed by atoms with Crippen LogP contribution >= 0.6 is 0 Å². The van der Waals surface area contributed by atoms with Crippen molar-refractivity contribution >= 4 is 31.0 Å². The first-order valence-electron chi connectivity index (χ1n) is 17.9. The summed E-state index contributed by atoms with van der Waals surface area (Å²) in [5.74, 6) is 1.04. The molecule has 1 saturated heterocycles. The van der Waals surface area contributed by atoms with Gasteiger partial charge in [0, 0.05) is 18.4 Å². The maximum atomic E-state index is 15.5. The number of ether oxygens (including phenoxy) is 2. The minimum absolute atomic E-state index is 0.0887. The number of aliphatic imine (C=N–C) groups is 1. The van der Waals surface area contributed by atoms with E-state index in [2.05, 4.69) is 59.1 Å². The van der Waals surface area contributed by atoms with Crippen molar-refractivity contribution in [3.63, 3.8) is 0 Å². The molecule has 0 amide bonds. The maximum absolute atomic E-state index is 15.5. The summed E-state index contributed by atoms with van der Waals surface area (Å²) >= 11 is 0. The highest BCUT2D eigenvalue weighted by atomic mass is 28.4. The minimum Gasteiger partial charge on any atom is -0.543 e. The number of aromatic nitrogens is 2. The van der Waals surface area contributed by atoms with E-state index in [0.717, 1.165) is 63.3 Å². The van der Waals surface area contributed by atoms with Gasteiger partial charge in [-0.3, -0.25) is 0 Å².